The van der Waals surface area contributed by atoms with Gasteiger partial charge in [0.15, 0.2) is 0 Å². The van der Waals surface area contributed by atoms with Crippen LogP contribution in [0.1, 0.15) is 64.7 Å². The molecule has 6 nitrogen and oxygen atoms in total. The number of carbonyl (C=O) groups is 2. The molecule has 6 heteroatoms. The fraction of sp³-hybridized carbons (Fsp3) is 0.650. The molecule has 26 heavy (non-hydrogen) atoms. The van der Waals surface area contributed by atoms with E-state index in [-0.39, 0.29) is 11.9 Å². The van der Waals surface area contributed by atoms with E-state index < -0.39 is 0 Å². The van der Waals surface area contributed by atoms with Gasteiger partial charge in [0.2, 0.25) is 5.91 Å². The molecule has 0 saturated carbocycles. The third-order valence-electron chi connectivity index (χ3n) is 4.10. The fourth-order valence-electron chi connectivity index (χ4n) is 2.56. The Balaban J connectivity index is 1.81. The van der Waals surface area contributed by atoms with Crippen molar-refractivity contribution in [2.45, 2.75) is 71.3 Å². The molecule has 1 rings (SSSR count). The maximum atomic E-state index is 11.7. The number of aryl methyl sites for hydroxylation is 1. The summed E-state index contributed by atoms with van der Waals surface area (Å²) in [7, 11) is 0. The number of amides is 1. The van der Waals surface area contributed by atoms with Crippen LogP contribution in [0.3, 0.4) is 0 Å². The highest BCUT2D eigenvalue weighted by Gasteiger charge is 2.03. The van der Waals surface area contributed by atoms with E-state index in [2.05, 4.69) is 21.4 Å². The maximum Gasteiger partial charge on any atom is 0.333 e. The van der Waals surface area contributed by atoms with Crippen molar-refractivity contribution < 1.29 is 14.3 Å². The predicted molar refractivity (Wildman–Crippen MR) is 103 cm³/mol. The Morgan fingerprint density at radius 1 is 1.08 bits per heavy atom. The van der Waals surface area contributed by atoms with Crippen LogP contribution in [-0.4, -0.2) is 34.6 Å². The van der Waals surface area contributed by atoms with Crippen LogP contribution in [-0.2, 0) is 20.9 Å². The number of hydrogen-bond donors (Lipinski definition) is 1. The van der Waals surface area contributed by atoms with Crippen molar-refractivity contribution in [3.05, 3.63) is 30.9 Å². The van der Waals surface area contributed by atoms with Gasteiger partial charge < -0.3 is 14.6 Å². The average Bonchev–Trinajstić information content (AvgIpc) is 3.13. The van der Waals surface area contributed by atoms with Crippen LogP contribution in [0.25, 0.3) is 0 Å². The lowest BCUT2D eigenvalue weighted by atomic mass is 10.1. The van der Waals surface area contributed by atoms with Crippen molar-refractivity contribution >= 4 is 11.9 Å². The van der Waals surface area contributed by atoms with Crippen molar-refractivity contribution in [1.29, 1.82) is 0 Å². The summed E-state index contributed by atoms with van der Waals surface area (Å²) in [5.41, 5.74) is 0.396. The van der Waals surface area contributed by atoms with Gasteiger partial charge in [-0.1, -0.05) is 38.7 Å². The second-order valence-corrected chi connectivity index (χ2v) is 6.65. The van der Waals surface area contributed by atoms with Gasteiger partial charge in [-0.15, -0.1) is 0 Å². The standard InChI is InChI=1S/C20H33N3O3/c1-18(2)20(25)26-16-10-12-22-19(24)11-8-6-4-3-5-7-9-14-23-15-13-21-17-23/h13,15,17H,1,3-12,14,16H2,2H3,(H,22,24). The third kappa shape index (κ3) is 11.4. The molecule has 0 aromatic carbocycles. The first-order chi connectivity index (χ1) is 12.6. The molecule has 0 fully saturated rings. The number of nitrogens with one attached hydrogen (secondary N) is 1. The van der Waals surface area contributed by atoms with Crippen LogP contribution in [0.2, 0.25) is 0 Å². The van der Waals surface area contributed by atoms with Crippen LogP contribution >= 0.6 is 0 Å². The summed E-state index contributed by atoms with van der Waals surface area (Å²) in [6.07, 6.45) is 15.0. The molecule has 1 heterocycles. The molecule has 0 atom stereocenters. The Morgan fingerprint density at radius 3 is 2.42 bits per heavy atom. The van der Waals surface area contributed by atoms with Gasteiger partial charge in [-0.25, -0.2) is 9.78 Å². The molecule has 1 aromatic rings. The first-order valence-corrected chi connectivity index (χ1v) is 9.64. The zero-order chi connectivity index (χ0) is 19.0. The molecule has 1 N–H and O–H groups in total. The largest absolute Gasteiger partial charge is 0.462 e. The highest BCUT2D eigenvalue weighted by atomic mass is 16.5. The molecule has 0 radical (unpaired) electrons. The fourth-order valence-corrected chi connectivity index (χ4v) is 2.56. The molecule has 0 aliphatic carbocycles. The lowest BCUT2D eigenvalue weighted by molar-refractivity contribution is -0.138. The molecule has 0 aliphatic heterocycles. The Labute approximate surface area is 157 Å². The Hall–Kier alpha value is -2.11. The number of ether oxygens (including phenoxy) is 1. The van der Waals surface area contributed by atoms with E-state index >= 15 is 0 Å². The van der Waals surface area contributed by atoms with Gasteiger partial charge >= 0.3 is 5.97 Å². The first kappa shape index (κ1) is 21.9. The van der Waals surface area contributed by atoms with Gasteiger partial charge in [-0.3, -0.25) is 4.79 Å². The number of aromatic nitrogens is 2. The summed E-state index contributed by atoms with van der Waals surface area (Å²) in [4.78, 5) is 26.9. The maximum absolute atomic E-state index is 11.7. The van der Waals surface area contributed by atoms with Crippen molar-refractivity contribution in [1.82, 2.24) is 14.9 Å². The first-order valence-electron chi connectivity index (χ1n) is 9.64. The smallest absolute Gasteiger partial charge is 0.333 e. The number of rotatable bonds is 15. The van der Waals surface area contributed by atoms with Gasteiger partial charge in [0, 0.05) is 37.5 Å². The Kier molecular flexibility index (Phi) is 11.9. The van der Waals surface area contributed by atoms with Crippen molar-refractivity contribution in [3.63, 3.8) is 0 Å². The molecule has 0 unspecified atom stereocenters. The molecular weight excluding hydrogens is 330 g/mol. The average molecular weight is 364 g/mol. The normalized spacial score (nSPS) is 10.5. The summed E-state index contributed by atoms with van der Waals surface area (Å²) in [5.74, 6) is -0.297. The lowest BCUT2D eigenvalue weighted by Crippen LogP contribution is -2.25. The van der Waals surface area contributed by atoms with E-state index in [9.17, 15) is 9.59 Å². The minimum absolute atomic E-state index is 0.0801. The number of unbranched alkanes of at least 4 members (excludes halogenated alkanes) is 6. The van der Waals surface area contributed by atoms with E-state index in [1.54, 1.807) is 6.92 Å². The second kappa shape index (κ2) is 14.1. The lowest BCUT2D eigenvalue weighted by Gasteiger charge is -2.06. The van der Waals surface area contributed by atoms with Gasteiger partial charge in [-0.2, -0.15) is 0 Å². The van der Waals surface area contributed by atoms with Crippen LogP contribution in [0.5, 0.6) is 0 Å². The monoisotopic (exact) mass is 363 g/mol. The van der Waals surface area contributed by atoms with Gasteiger partial charge in [0.05, 0.1) is 12.9 Å². The van der Waals surface area contributed by atoms with E-state index in [1.807, 2.05) is 18.7 Å². The molecule has 0 saturated heterocycles. The molecule has 0 aliphatic rings. The van der Waals surface area contributed by atoms with E-state index in [1.165, 1.54) is 32.1 Å². The topological polar surface area (TPSA) is 73.2 Å². The van der Waals surface area contributed by atoms with Crippen LogP contribution in [0.4, 0.5) is 0 Å². The molecule has 0 bridgehead atoms. The molecule has 146 valence electrons. The number of nitrogens with zero attached hydrogens (tertiary/aromatic N) is 2. The van der Waals surface area contributed by atoms with Gasteiger partial charge in [0.1, 0.15) is 0 Å². The SMILES string of the molecule is C=C(C)C(=O)OCCCNC(=O)CCCCCCCCCn1ccnc1. The van der Waals surface area contributed by atoms with Crippen molar-refractivity contribution in [2.24, 2.45) is 0 Å². The molecular formula is C20H33N3O3. The summed E-state index contributed by atoms with van der Waals surface area (Å²) in [5, 5.41) is 2.86. The van der Waals surface area contributed by atoms with Crippen LogP contribution < -0.4 is 5.32 Å². The van der Waals surface area contributed by atoms with Gasteiger partial charge in [0.25, 0.3) is 0 Å². The van der Waals surface area contributed by atoms with E-state index in [0.717, 1.165) is 19.4 Å². The summed E-state index contributed by atoms with van der Waals surface area (Å²) in [6.45, 7) is 7.03. The zero-order valence-electron chi connectivity index (χ0n) is 16.0. The quantitative estimate of drug-likeness (QED) is 0.293. The molecule has 1 amide bonds. The second-order valence-electron chi connectivity index (χ2n) is 6.65. The summed E-state index contributed by atoms with van der Waals surface area (Å²) >= 11 is 0. The number of hydrogen-bond acceptors (Lipinski definition) is 4. The Morgan fingerprint density at radius 2 is 1.77 bits per heavy atom. The van der Waals surface area contributed by atoms with E-state index in [0.29, 0.717) is 31.6 Å². The number of carbonyl (C=O) groups excluding carboxylic acids is 2. The minimum Gasteiger partial charge on any atom is -0.462 e. The predicted octanol–water partition coefficient (Wildman–Crippen LogP) is 3.63. The number of esters is 1. The molecule has 0 spiro atoms. The molecule has 1 aromatic heterocycles. The minimum atomic E-state index is -0.377. The van der Waals surface area contributed by atoms with Crippen LogP contribution in [0.15, 0.2) is 30.9 Å². The van der Waals surface area contributed by atoms with E-state index in [4.69, 9.17) is 4.74 Å². The number of imidazole rings is 1. The van der Waals surface area contributed by atoms with Crippen LogP contribution in [0, 0.1) is 0 Å². The van der Waals surface area contributed by atoms with Crippen molar-refractivity contribution in [2.75, 3.05) is 13.2 Å². The van der Waals surface area contributed by atoms with Gasteiger partial charge in [-0.05, 0) is 26.2 Å². The summed E-state index contributed by atoms with van der Waals surface area (Å²) in [6, 6.07) is 0. The highest BCUT2D eigenvalue weighted by Crippen LogP contribution is 2.09. The third-order valence-corrected chi connectivity index (χ3v) is 4.10. The van der Waals surface area contributed by atoms with Crippen molar-refractivity contribution in [3.8, 4) is 0 Å². The zero-order valence-corrected chi connectivity index (χ0v) is 16.0. The highest BCUT2D eigenvalue weighted by molar-refractivity contribution is 5.86. The summed E-state index contributed by atoms with van der Waals surface area (Å²) < 4.78 is 7.08. The Bertz CT molecular complexity index is 526.